The summed E-state index contributed by atoms with van der Waals surface area (Å²) in [6.07, 6.45) is 0. The highest BCUT2D eigenvalue weighted by Crippen LogP contribution is 2.38. The van der Waals surface area contributed by atoms with Crippen LogP contribution in [0.3, 0.4) is 0 Å². The molecule has 3 aromatic carbocycles. The van der Waals surface area contributed by atoms with Crippen molar-refractivity contribution < 1.29 is 0 Å². The first kappa shape index (κ1) is 11.9. The molecule has 0 aliphatic rings. The lowest BCUT2D eigenvalue weighted by Gasteiger charge is -2.12. The fraction of sp³-hybridized carbons (Fsp3) is 0. The standard InChI is InChI=1S/C16H13ClN2/c17-14-4-2-1-3-13(14)16-12-7-6-11(18)9-10(12)5-8-15(16)19/h1-9H,18-19H2. The number of benzene rings is 3. The third-order valence-corrected chi connectivity index (χ3v) is 3.55. The van der Waals surface area contributed by atoms with Crippen molar-refractivity contribution in [1.29, 1.82) is 0 Å². The second-order valence-corrected chi connectivity index (χ2v) is 4.90. The molecule has 19 heavy (non-hydrogen) atoms. The van der Waals surface area contributed by atoms with E-state index in [1.165, 1.54) is 0 Å². The quantitative estimate of drug-likeness (QED) is 0.646. The van der Waals surface area contributed by atoms with Gasteiger partial charge in [-0.05, 0) is 35.0 Å². The van der Waals surface area contributed by atoms with Crippen LogP contribution in [0.1, 0.15) is 0 Å². The smallest absolute Gasteiger partial charge is 0.0485 e. The number of anilines is 2. The number of fused-ring (bicyclic) bond motifs is 1. The summed E-state index contributed by atoms with van der Waals surface area (Å²) in [6, 6.07) is 17.4. The molecule has 0 aromatic heterocycles. The van der Waals surface area contributed by atoms with Crippen molar-refractivity contribution in [3.63, 3.8) is 0 Å². The summed E-state index contributed by atoms with van der Waals surface area (Å²) in [5.41, 5.74) is 15.3. The van der Waals surface area contributed by atoms with Crippen molar-refractivity contribution in [3.8, 4) is 11.1 Å². The Balaban J connectivity index is 2.40. The molecule has 3 heteroatoms. The number of rotatable bonds is 1. The molecule has 0 bridgehead atoms. The average molecular weight is 269 g/mol. The molecule has 0 atom stereocenters. The predicted molar refractivity (Wildman–Crippen MR) is 83.2 cm³/mol. The zero-order valence-corrected chi connectivity index (χ0v) is 11.0. The number of nitrogens with two attached hydrogens (primary N) is 2. The van der Waals surface area contributed by atoms with Gasteiger partial charge in [-0.3, -0.25) is 0 Å². The number of halogens is 1. The first-order valence-corrected chi connectivity index (χ1v) is 6.37. The normalized spacial score (nSPS) is 10.8. The second-order valence-electron chi connectivity index (χ2n) is 4.49. The van der Waals surface area contributed by atoms with Crippen molar-refractivity contribution in [1.82, 2.24) is 0 Å². The summed E-state index contributed by atoms with van der Waals surface area (Å²) < 4.78 is 0. The first-order valence-electron chi connectivity index (χ1n) is 5.99. The first-order chi connectivity index (χ1) is 9.16. The van der Waals surface area contributed by atoms with Gasteiger partial charge < -0.3 is 11.5 Å². The van der Waals surface area contributed by atoms with Crippen LogP contribution in [0.5, 0.6) is 0 Å². The van der Waals surface area contributed by atoms with E-state index in [4.69, 9.17) is 23.1 Å². The lowest BCUT2D eigenvalue weighted by atomic mass is 9.96. The van der Waals surface area contributed by atoms with E-state index >= 15 is 0 Å². The van der Waals surface area contributed by atoms with Gasteiger partial charge in [-0.1, -0.05) is 41.9 Å². The predicted octanol–water partition coefficient (Wildman–Crippen LogP) is 4.32. The van der Waals surface area contributed by atoms with Crippen LogP contribution in [0.2, 0.25) is 5.02 Å². The molecule has 3 aromatic rings. The molecule has 0 aliphatic heterocycles. The molecule has 0 unspecified atom stereocenters. The molecule has 4 N–H and O–H groups in total. The van der Waals surface area contributed by atoms with Crippen molar-refractivity contribution >= 4 is 33.7 Å². The summed E-state index contributed by atoms with van der Waals surface area (Å²) in [5, 5.41) is 2.81. The summed E-state index contributed by atoms with van der Waals surface area (Å²) in [4.78, 5) is 0. The number of hydrogen-bond acceptors (Lipinski definition) is 2. The second kappa shape index (κ2) is 4.48. The highest BCUT2D eigenvalue weighted by atomic mass is 35.5. The van der Waals surface area contributed by atoms with Crippen LogP contribution in [0.4, 0.5) is 11.4 Å². The maximum atomic E-state index is 6.28. The molecule has 0 radical (unpaired) electrons. The van der Waals surface area contributed by atoms with Crippen LogP contribution < -0.4 is 11.5 Å². The topological polar surface area (TPSA) is 52.0 Å². The van der Waals surface area contributed by atoms with Crippen molar-refractivity contribution in [2.75, 3.05) is 11.5 Å². The summed E-state index contributed by atoms with van der Waals surface area (Å²) in [5.74, 6) is 0. The number of hydrogen-bond donors (Lipinski definition) is 2. The van der Waals surface area contributed by atoms with E-state index in [-0.39, 0.29) is 0 Å². The van der Waals surface area contributed by atoms with Gasteiger partial charge in [0.15, 0.2) is 0 Å². The van der Waals surface area contributed by atoms with E-state index in [1.807, 2.05) is 54.6 Å². The van der Waals surface area contributed by atoms with Gasteiger partial charge in [-0.15, -0.1) is 0 Å². The van der Waals surface area contributed by atoms with E-state index < -0.39 is 0 Å². The minimum Gasteiger partial charge on any atom is -0.399 e. The van der Waals surface area contributed by atoms with Gasteiger partial charge in [-0.25, -0.2) is 0 Å². The van der Waals surface area contributed by atoms with Gasteiger partial charge in [0, 0.05) is 27.5 Å². The van der Waals surface area contributed by atoms with Gasteiger partial charge in [0.1, 0.15) is 0 Å². The SMILES string of the molecule is Nc1ccc2c(-c3ccccc3Cl)c(N)ccc2c1. The fourth-order valence-corrected chi connectivity index (χ4v) is 2.56. The Morgan fingerprint density at radius 3 is 2.42 bits per heavy atom. The molecular formula is C16H13ClN2. The Bertz CT molecular complexity index is 766. The molecule has 0 spiro atoms. The fourth-order valence-electron chi connectivity index (χ4n) is 2.33. The van der Waals surface area contributed by atoms with Crippen molar-refractivity contribution in [2.24, 2.45) is 0 Å². The lowest BCUT2D eigenvalue weighted by molar-refractivity contribution is 1.64. The van der Waals surface area contributed by atoms with Gasteiger partial charge in [0.25, 0.3) is 0 Å². The maximum absolute atomic E-state index is 6.28. The molecule has 2 nitrogen and oxygen atoms in total. The van der Waals surface area contributed by atoms with E-state index in [1.54, 1.807) is 0 Å². The molecule has 0 fully saturated rings. The molecular weight excluding hydrogens is 256 g/mol. The molecule has 0 amide bonds. The largest absolute Gasteiger partial charge is 0.399 e. The Hall–Kier alpha value is -2.19. The summed E-state index contributed by atoms with van der Waals surface area (Å²) >= 11 is 6.28. The highest BCUT2D eigenvalue weighted by Gasteiger charge is 2.10. The number of nitrogen functional groups attached to an aromatic ring is 2. The minimum atomic E-state index is 0.693. The third kappa shape index (κ3) is 2.00. The summed E-state index contributed by atoms with van der Waals surface area (Å²) in [7, 11) is 0. The van der Waals surface area contributed by atoms with Gasteiger partial charge >= 0.3 is 0 Å². The van der Waals surface area contributed by atoms with Gasteiger partial charge in [-0.2, -0.15) is 0 Å². The van der Waals surface area contributed by atoms with Crippen molar-refractivity contribution in [2.45, 2.75) is 0 Å². The molecule has 0 heterocycles. The van der Waals surface area contributed by atoms with Crippen LogP contribution in [-0.2, 0) is 0 Å². The molecule has 3 rings (SSSR count). The maximum Gasteiger partial charge on any atom is 0.0485 e. The minimum absolute atomic E-state index is 0.693. The molecule has 0 aliphatic carbocycles. The zero-order chi connectivity index (χ0) is 13.4. The van der Waals surface area contributed by atoms with Crippen LogP contribution in [0, 0.1) is 0 Å². The van der Waals surface area contributed by atoms with E-state index in [0.717, 1.165) is 27.6 Å². The molecule has 0 saturated heterocycles. The van der Waals surface area contributed by atoms with E-state index in [9.17, 15) is 0 Å². The molecule has 0 saturated carbocycles. The lowest BCUT2D eigenvalue weighted by Crippen LogP contribution is -1.93. The van der Waals surface area contributed by atoms with Gasteiger partial charge in [0.2, 0.25) is 0 Å². The van der Waals surface area contributed by atoms with Crippen molar-refractivity contribution in [3.05, 3.63) is 59.6 Å². The van der Waals surface area contributed by atoms with Crippen LogP contribution in [0.25, 0.3) is 21.9 Å². The van der Waals surface area contributed by atoms with Gasteiger partial charge in [0.05, 0.1) is 0 Å². The summed E-state index contributed by atoms with van der Waals surface area (Å²) in [6.45, 7) is 0. The highest BCUT2D eigenvalue weighted by molar-refractivity contribution is 6.34. The molecule has 94 valence electrons. The van der Waals surface area contributed by atoms with E-state index in [2.05, 4.69) is 0 Å². The third-order valence-electron chi connectivity index (χ3n) is 3.22. The van der Waals surface area contributed by atoms with Crippen LogP contribution in [-0.4, -0.2) is 0 Å². The average Bonchev–Trinajstić information content (AvgIpc) is 2.40. The zero-order valence-electron chi connectivity index (χ0n) is 10.2. The monoisotopic (exact) mass is 268 g/mol. The van der Waals surface area contributed by atoms with E-state index in [0.29, 0.717) is 10.7 Å². The Morgan fingerprint density at radius 1 is 0.842 bits per heavy atom. The van der Waals surface area contributed by atoms with Crippen LogP contribution >= 0.6 is 11.6 Å². The Labute approximate surface area is 116 Å². The Morgan fingerprint density at radius 2 is 1.63 bits per heavy atom. The van der Waals surface area contributed by atoms with Crippen LogP contribution in [0.15, 0.2) is 54.6 Å². The Kier molecular flexibility index (Phi) is 2.80.